The number of carbonyl (C=O) groups is 1. The average molecular weight is 191 g/mol. The molecule has 5 heteroatoms. The summed E-state index contributed by atoms with van der Waals surface area (Å²) in [6.45, 7) is 0. The van der Waals surface area contributed by atoms with E-state index in [0.717, 1.165) is 11.0 Å². The summed E-state index contributed by atoms with van der Waals surface area (Å²) in [5.74, 6) is -0.852. The molecule has 0 fully saturated rings. The summed E-state index contributed by atoms with van der Waals surface area (Å²) < 4.78 is 1.65. The van der Waals surface area contributed by atoms with Crippen molar-refractivity contribution in [1.82, 2.24) is 14.8 Å². The summed E-state index contributed by atoms with van der Waals surface area (Å²) in [6, 6.07) is 1.80. The van der Waals surface area contributed by atoms with E-state index in [1.807, 2.05) is 0 Å². The summed E-state index contributed by atoms with van der Waals surface area (Å²) >= 11 is 0. The molecule has 0 aliphatic heterocycles. The number of fused-ring (bicyclic) bond motifs is 1. The fraction of sp³-hybridized carbons (Fsp3) is 0.222. The third-order valence-electron chi connectivity index (χ3n) is 1.98. The number of rotatable bonds is 2. The molecule has 0 saturated heterocycles. The van der Waals surface area contributed by atoms with E-state index in [1.54, 1.807) is 30.2 Å². The van der Waals surface area contributed by atoms with Gasteiger partial charge in [-0.05, 0) is 11.6 Å². The molecule has 0 radical (unpaired) electrons. The number of carboxylic acid groups (broad SMARTS) is 1. The highest BCUT2D eigenvalue weighted by Gasteiger charge is 2.04. The Balaban J connectivity index is 2.46. The maximum Gasteiger partial charge on any atom is 0.307 e. The number of hydrogen-bond acceptors (Lipinski definition) is 3. The minimum Gasteiger partial charge on any atom is -0.481 e. The van der Waals surface area contributed by atoms with Gasteiger partial charge in [0.25, 0.3) is 0 Å². The van der Waals surface area contributed by atoms with E-state index in [4.69, 9.17) is 5.11 Å². The second-order valence-electron chi connectivity index (χ2n) is 3.10. The first-order valence-electron chi connectivity index (χ1n) is 4.15. The topological polar surface area (TPSA) is 68.0 Å². The lowest BCUT2D eigenvalue weighted by molar-refractivity contribution is -0.136. The smallest absolute Gasteiger partial charge is 0.307 e. The predicted molar refractivity (Wildman–Crippen MR) is 49.8 cm³/mol. The van der Waals surface area contributed by atoms with Gasteiger partial charge in [-0.3, -0.25) is 9.48 Å². The van der Waals surface area contributed by atoms with Gasteiger partial charge in [0.05, 0.1) is 12.6 Å². The summed E-state index contributed by atoms with van der Waals surface area (Å²) in [5.41, 5.74) is 1.46. The minimum atomic E-state index is -0.852. The molecule has 5 nitrogen and oxygen atoms in total. The number of nitrogens with zero attached hydrogens (tertiary/aromatic N) is 3. The van der Waals surface area contributed by atoms with Crippen LogP contribution >= 0.6 is 0 Å². The number of carboxylic acids is 1. The van der Waals surface area contributed by atoms with Gasteiger partial charge in [-0.15, -0.1) is 0 Å². The van der Waals surface area contributed by atoms with Crippen molar-refractivity contribution in [2.75, 3.05) is 0 Å². The Kier molecular flexibility index (Phi) is 1.92. The molecule has 2 aromatic rings. The van der Waals surface area contributed by atoms with Crippen LogP contribution in [0.25, 0.3) is 11.0 Å². The van der Waals surface area contributed by atoms with Crippen LogP contribution in [0.4, 0.5) is 0 Å². The van der Waals surface area contributed by atoms with E-state index in [-0.39, 0.29) is 6.42 Å². The lowest BCUT2D eigenvalue weighted by atomic mass is 10.2. The van der Waals surface area contributed by atoms with Gasteiger partial charge in [-0.25, -0.2) is 4.98 Å². The Bertz CT molecular complexity index is 490. The first-order chi connectivity index (χ1) is 6.66. The zero-order chi connectivity index (χ0) is 10.1. The van der Waals surface area contributed by atoms with Gasteiger partial charge in [-0.1, -0.05) is 0 Å². The van der Waals surface area contributed by atoms with Gasteiger partial charge in [0.2, 0.25) is 0 Å². The lowest BCUT2D eigenvalue weighted by Crippen LogP contribution is -2.00. The molecule has 0 unspecified atom stereocenters. The van der Waals surface area contributed by atoms with Gasteiger partial charge in [0.15, 0.2) is 5.65 Å². The highest BCUT2D eigenvalue weighted by molar-refractivity contribution is 5.77. The molecule has 72 valence electrons. The van der Waals surface area contributed by atoms with Crippen LogP contribution in [0.5, 0.6) is 0 Å². The Morgan fingerprint density at radius 3 is 3.07 bits per heavy atom. The second kappa shape index (κ2) is 3.10. The van der Waals surface area contributed by atoms with Crippen molar-refractivity contribution in [2.45, 2.75) is 6.42 Å². The van der Waals surface area contributed by atoms with Crippen molar-refractivity contribution in [2.24, 2.45) is 7.05 Å². The zero-order valence-corrected chi connectivity index (χ0v) is 7.64. The monoisotopic (exact) mass is 191 g/mol. The summed E-state index contributed by atoms with van der Waals surface area (Å²) in [7, 11) is 1.80. The molecule has 1 N–H and O–H groups in total. The number of pyridine rings is 1. The van der Waals surface area contributed by atoms with Crippen LogP contribution in [-0.2, 0) is 18.3 Å². The quantitative estimate of drug-likeness (QED) is 0.754. The van der Waals surface area contributed by atoms with E-state index in [0.29, 0.717) is 5.56 Å². The molecule has 0 atom stereocenters. The molecule has 2 rings (SSSR count). The van der Waals surface area contributed by atoms with Crippen molar-refractivity contribution in [3.05, 3.63) is 24.0 Å². The van der Waals surface area contributed by atoms with Crippen LogP contribution in [0.15, 0.2) is 18.5 Å². The van der Waals surface area contributed by atoms with Crippen molar-refractivity contribution in [3.8, 4) is 0 Å². The molecular weight excluding hydrogens is 182 g/mol. The lowest BCUT2D eigenvalue weighted by Gasteiger charge is -1.97. The van der Waals surface area contributed by atoms with E-state index < -0.39 is 5.97 Å². The number of aliphatic carboxylic acids is 1. The van der Waals surface area contributed by atoms with Crippen LogP contribution in [0.2, 0.25) is 0 Å². The van der Waals surface area contributed by atoms with E-state index in [9.17, 15) is 4.79 Å². The molecule has 0 bridgehead atoms. The van der Waals surface area contributed by atoms with Crippen LogP contribution < -0.4 is 0 Å². The maximum atomic E-state index is 10.5. The van der Waals surface area contributed by atoms with Crippen molar-refractivity contribution in [1.29, 1.82) is 0 Å². The van der Waals surface area contributed by atoms with Crippen molar-refractivity contribution in [3.63, 3.8) is 0 Å². The van der Waals surface area contributed by atoms with E-state index in [2.05, 4.69) is 10.1 Å². The molecule has 0 saturated carbocycles. The van der Waals surface area contributed by atoms with Crippen LogP contribution in [0, 0.1) is 0 Å². The average Bonchev–Trinajstić information content (AvgIpc) is 2.46. The third-order valence-corrected chi connectivity index (χ3v) is 1.98. The largest absolute Gasteiger partial charge is 0.481 e. The molecule has 2 heterocycles. The maximum absolute atomic E-state index is 10.5. The van der Waals surface area contributed by atoms with Gasteiger partial charge < -0.3 is 5.11 Å². The summed E-state index contributed by atoms with van der Waals surface area (Å²) in [6.07, 6.45) is 3.24. The molecule has 2 aromatic heterocycles. The molecule has 0 aromatic carbocycles. The highest BCUT2D eigenvalue weighted by atomic mass is 16.4. The first-order valence-corrected chi connectivity index (χ1v) is 4.15. The van der Waals surface area contributed by atoms with Crippen LogP contribution in [0.3, 0.4) is 0 Å². The Morgan fingerprint density at radius 1 is 1.57 bits per heavy atom. The van der Waals surface area contributed by atoms with Gasteiger partial charge in [0.1, 0.15) is 0 Å². The van der Waals surface area contributed by atoms with Gasteiger partial charge in [-0.2, -0.15) is 5.10 Å². The van der Waals surface area contributed by atoms with E-state index >= 15 is 0 Å². The van der Waals surface area contributed by atoms with E-state index in [1.165, 1.54) is 0 Å². The number of hydrogen-bond donors (Lipinski definition) is 1. The molecule has 0 spiro atoms. The standard InChI is InChI=1S/C9H9N3O2/c1-12-9-7(5-11-12)2-6(4-10-9)3-8(13)14/h2,4-5H,3H2,1H3,(H,13,14). The van der Waals surface area contributed by atoms with Crippen LogP contribution in [-0.4, -0.2) is 25.8 Å². The molecule has 0 aliphatic rings. The third kappa shape index (κ3) is 1.44. The Labute approximate surface area is 80.0 Å². The molecule has 14 heavy (non-hydrogen) atoms. The zero-order valence-electron chi connectivity index (χ0n) is 7.64. The van der Waals surface area contributed by atoms with Crippen molar-refractivity contribution < 1.29 is 9.90 Å². The Morgan fingerprint density at radius 2 is 2.36 bits per heavy atom. The highest BCUT2D eigenvalue weighted by Crippen LogP contribution is 2.11. The number of aryl methyl sites for hydroxylation is 1. The summed E-state index contributed by atoms with van der Waals surface area (Å²) in [4.78, 5) is 14.6. The molecule has 0 aliphatic carbocycles. The summed E-state index contributed by atoms with van der Waals surface area (Å²) in [5, 5.41) is 13.5. The fourth-order valence-electron chi connectivity index (χ4n) is 1.36. The minimum absolute atomic E-state index is 0.00215. The second-order valence-corrected chi connectivity index (χ2v) is 3.10. The molecular formula is C9H9N3O2. The van der Waals surface area contributed by atoms with Gasteiger partial charge in [0, 0.05) is 18.6 Å². The SMILES string of the molecule is Cn1ncc2cc(CC(=O)O)cnc21. The Hall–Kier alpha value is -1.91. The number of aromatic nitrogens is 3. The predicted octanol–water partition coefficient (Wildman–Crippen LogP) is 0.595. The normalized spacial score (nSPS) is 10.6. The van der Waals surface area contributed by atoms with Crippen molar-refractivity contribution >= 4 is 17.0 Å². The van der Waals surface area contributed by atoms with Crippen LogP contribution in [0.1, 0.15) is 5.56 Å². The van der Waals surface area contributed by atoms with Gasteiger partial charge >= 0.3 is 5.97 Å². The first kappa shape index (κ1) is 8.68. The fourth-order valence-corrected chi connectivity index (χ4v) is 1.36. The molecule has 0 amide bonds.